The van der Waals surface area contributed by atoms with E-state index in [1.165, 1.54) is 0 Å². The third kappa shape index (κ3) is 4.33. The minimum absolute atomic E-state index is 0.491. The summed E-state index contributed by atoms with van der Waals surface area (Å²) < 4.78 is 5.14. The summed E-state index contributed by atoms with van der Waals surface area (Å²) >= 11 is 10.6. The molecule has 0 fully saturated rings. The average Bonchev–Trinajstić information content (AvgIpc) is 2.87. The molecular weight excluding hydrogens is 462 g/mol. The maximum Gasteiger partial charge on any atom is 0.0815 e. The van der Waals surface area contributed by atoms with Crippen LogP contribution in [0.3, 0.4) is 0 Å². The Labute approximate surface area is 150 Å². The Morgan fingerprint density at radius 1 is 1.14 bits per heavy atom. The average molecular weight is 480 g/mol. The summed E-state index contributed by atoms with van der Waals surface area (Å²) in [6, 6.07) is 6.61. The van der Waals surface area contributed by atoms with Crippen LogP contribution in [-0.4, -0.2) is 9.78 Å². The van der Waals surface area contributed by atoms with Gasteiger partial charge < -0.3 is 5.32 Å². The summed E-state index contributed by atoms with van der Waals surface area (Å²) in [5.41, 5.74) is 2.08. The molecule has 6 heteroatoms. The molecule has 0 amide bonds. The molecule has 1 aromatic heterocycles. The second-order valence-electron chi connectivity index (χ2n) is 4.86. The van der Waals surface area contributed by atoms with E-state index in [0.717, 1.165) is 37.6 Å². The van der Waals surface area contributed by atoms with Crippen LogP contribution in [0.15, 0.2) is 37.8 Å². The van der Waals surface area contributed by atoms with Crippen LogP contribution in [0, 0.1) is 0 Å². The molecule has 1 aromatic carbocycles. The largest absolute Gasteiger partial charge is 0.377 e. The lowest BCUT2D eigenvalue weighted by Crippen LogP contribution is -2.09. The van der Waals surface area contributed by atoms with E-state index in [2.05, 4.69) is 89.0 Å². The summed E-state index contributed by atoms with van der Waals surface area (Å²) in [5, 5.41) is 8.08. The fourth-order valence-corrected chi connectivity index (χ4v) is 4.77. The lowest BCUT2D eigenvalue weighted by Gasteiger charge is -2.13. The molecule has 21 heavy (non-hydrogen) atoms. The molecule has 3 nitrogen and oxygen atoms in total. The lowest BCUT2D eigenvalue weighted by molar-refractivity contribution is 0.426. The van der Waals surface area contributed by atoms with Gasteiger partial charge in [-0.3, -0.25) is 4.68 Å². The Hall–Kier alpha value is -0.330. The predicted molar refractivity (Wildman–Crippen MR) is 98.7 cm³/mol. The van der Waals surface area contributed by atoms with Crippen molar-refractivity contribution in [2.45, 2.75) is 39.3 Å². The molecule has 0 atom stereocenters. The van der Waals surface area contributed by atoms with Gasteiger partial charge in [-0.1, -0.05) is 29.8 Å². The molecule has 0 spiro atoms. The van der Waals surface area contributed by atoms with Gasteiger partial charge in [-0.15, -0.1) is 0 Å². The van der Waals surface area contributed by atoms with Crippen molar-refractivity contribution in [3.05, 3.63) is 43.5 Å². The number of aromatic nitrogens is 2. The molecular formula is C15H18Br3N3. The molecule has 2 rings (SSSR count). The van der Waals surface area contributed by atoms with Crippen LogP contribution in [0.25, 0.3) is 0 Å². The SMILES string of the molecule is CCC(CC)n1ccc(CNc2c(Br)cc(Br)cc2Br)n1. The number of nitrogens with zero attached hydrogens (tertiary/aromatic N) is 2. The third-order valence-corrected chi connectivity index (χ3v) is 5.14. The van der Waals surface area contributed by atoms with Crippen LogP contribution < -0.4 is 5.32 Å². The van der Waals surface area contributed by atoms with Crippen LogP contribution in [0.5, 0.6) is 0 Å². The van der Waals surface area contributed by atoms with E-state index in [0.29, 0.717) is 12.6 Å². The minimum Gasteiger partial charge on any atom is -0.377 e. The quantitative estimate of drug-likeness (QED) is 0.539. The molecule has 0 aliphatic rings. The Bertz CT molecular complexity index is 583. The van der Waals surface area contributed by atoms with Gasteiger partial charge in [0.25, 0.3) is 0 Å². The molecule has 2 aromatic rings. The van der Waals surface area contributed by atoms with Gasteiger partial charge in [0.1, 0.15) is 0 Å². The molecule has 0 aliphatic heterocycles. The zero-order chi connectivity index (χ0) is 15.4. The summed E-state index contributed by atoms with van der Waals surface area (Å²) in [5.74, 6) is 0. The van der Waals surface area contributed by atoms with Crippen molar-refractivity contribution < 1.29 is 0 Å². The van der Waals surface area contributed by atoms with E-state index in [-0.39, 0.29) is 0 Å². The minimum atomic E-state index is 0.491. The van der Waals surface area contributed by atoms with Gasteiger partial charge >= 0.3 is 0 Å². The first-order chi connectivity index (χ1) is 10.0. The second kappa shape index (κ2) is 7.79. The van der Waals surface area contributed by atoms with Crippen LogP contribution in [0.1, 0.15) is 38.4 Å². The highest BCUT2D eigenvalue weighted by atomic mass is 79.9. The molecule has 1 heterocycles. The van der Waals surface area contributed by atoms with Gasteiger partial charge in [0.15, 0.2) is 0 Å². The number of benzene rings is 1. The standard InChI is InChI=1S/C15H18Br3N3/c1-3-12(4-2)21-6-5-11(20-21)9-19-15-13(17)7-10(16)8-14(15)18/h5-8,12,19H,3-4,9H2,1-2H3. The summed E-state index contributed by atoms with van der Waals surface area (Å²) in [7, 11) is 0. The zero-order valence-electron chi connectivity index (χ0n) is 12.0. The van der Waals surface area contributed by atoms with E-state index in [1.54, 1.807) is 0 Å². The number of hydrogen-bond acceptors (Lipinski definition) is 2. The summed E-state index contributed by atoms with van der Waals surface area (Å²) in [6.45, 7) is 5.10. The van der Waals surface area contributed by atoms with E-state index in [9.17, 15) is 0 Å². The third-order valence-electron chi connectivity index (χ3n) is 3.43. The van der Waals surface area contributed by atoms with E-state index >= 15 is 0 Å². The van der Waals surface area contributed by atoms with E-state index in [4.69, 9.17) is 0 Å². The van der Waals surface area contributed by atoms with Gasteiger partial charge in [-0.05, 0) is 62.9 Å². The van der Waals surface area contributed by atoms with Gasteiger partial charge in [-0.2, -0.15) is 5.10 Å². The first-order valence-corrected chi connectivity index (χ1v) is 9.35. The molecule has 0 bridgehead atoms. The van der Waals surface area contributed by atoms with Gasteiger partial charge in [0.2, 0.25) is 0 Å². The Balaban J connectivity index is 2.07. The van der Waals surface area contributed by atoms with Crippen LogP contribution in [0.2, 0.25) is 0 Å². The van der Waals surface area contributed by atoms with Gasteiger partial charge in [-0.25, -0.2) is 0 Å². The molecule has 114 valence electrons. The Morgan fingerprint density at radius 2 is 1.76 bits per heavy atom. The van der Waals surface area contributed by atoms with Crippen molar-refractivity contribution in [2.24, 2.45) is 0 Å². The maximum absolute atomic E-state index is 4.66. The molecule has 0 radical (unpaired) electrons. The van der Waals surface area contributed by atoms with Crippen molar-refractivity contribution in [3.63, 3.8) is 0 Å². The number of halogens is 3. The van der Waals surface area contributed by atoms with Gasteiger partial charge in [0, 0.05) is 19.6 Å². The van der Waals surface area contributed by atoms with Crippen molar-refractivity contribution in [1.29, 1.82) is 0 Å². The number of nitrogens with one attached hydrogen (secondary N) is 1. The van der Waals surface area contributed by atoms with Crippen LogP contribution in [0.4, 0.5) is 5.69 Å². The number of rotatable bonds is 6. The first-order valence-electron chi connectivity index (χ1n) is 6.97. The fraction of sp³-hybridized carbons (Fsp3) is 0.400. The maximum atomic E-state index is 4.66. The highest BCUT2D eigenvalue weighted by Gasteiger charge is 2.10. The molecule has 0 aliphatic carbocycles. The molecule has 0 unspecified atom stereocenters. The predicted octanol–water partition coefficient (Wildman–Crippen LogP) is 6.14. The van der Waals surface area contributed by atoms with Crippen molar-refractivity contribution >= 4 is 53.5 Å². The summed E-state index contributed by atoms with van der Waals surface area (Å²) in [6.07, 6.45) is 4.28. The highest BCUT2D eigenvalue weighted by molar-refractivity contribution is 9.11. The topological polar surface area (TPSA) is 29.9 Å². The van der Waals surface area contributed by atoms with E-state index < -0.39 is 0 Å². The Morgan fingerprint density at radius 3 is 2.33 bits per heavy atom. The number of anilines is 1. The smallest absolute Gasteiger partial charge is 0.0815 e. The van der Waals surface area contributed by atoms with Gasteiger partial charge in [0.05, 0.1) is 24.0 Å². The lowest BCUT2D eigenvalue weighted by atomic mass is 10.2. The normalized spacial score (nSPS) is 11.1. The van der Waals surface area contributed by atoms with Crippen LogP contribution >= 0.6 is 47.8 Å². The second-order valence-corrected chi connectivity index (χ2v) is 7.48. The fourth-order valence-electron chi connectivity index (χ4n) is 2.23. The summed E-state index contributed by atoms with van der Waals surface area (Å²) in [4.78, 5) is 0. The zero-order valence-corrected chi connectivity index (χ0v) is 16.8. The van der Waals surface area contributed by atoms with Crippen LogP contribution in [-0.2, 0) is 6.54 Å². The van der Waals surface area contributed by atoms with E-state index in [1.807, 2.05) is 12.1 Å². The highest BCUT2D eigenvalue weighted by Crippen LogP contribution is 2.34. The van der Waals surface area contributed by atoms with Crippen molar-refractivity contribution in [1.82, 2.24) is 9.78 Å². The monoisotopic (exact) mass is 477 g/mol. The van der Waals surface area contributed by atoms with Crippen molar-refractivity contribution in [2.75, 3.05) is 5.32 Å². The Kier molecular flexibility index (Phi) is 6.32. The number of hydrogen-bond donors (Lipinski definition) is 1. The molecule has 0 saturated heterocycles. The molecule has 0 saturated carbocycles. The van der Waals surface area contributed by atoms with Crippen molar-refractivity contribution in [3.8, 4) is 0 Å². The first kappa shape index (κ1) is 17.0. The molecule has 1 N–H and O–H groups in total.